The second kappa shape index (κ2) is 7.46. The van der Waals surface area contributed by atoms with Gasteiger partial charge in [-0.25, -0.2) is 0 Å². The second-order valence-electron chi connectivity index (χ2n) is 5.88. The summed E-state index contributed by atoms with van der Waals surface area (Å²) in [5.74, 6) is 0.971. The van der Waals surface area contributed by atoms with Gasteiger partial charge in [-0.1, -0.05) is 25.1 Å². The molecule has 0 bridgehead atoms. The van der Waals surface area contributed by atoms with E-state index < -0.39 is 0 Å². The van der Waals surface area contributed by atoms with Gasteiger partial charge in [-0.05, 0) is 43.7 Å². The fourth-order valence-electron chi connectivity index (χ4n) is 2.28. The Morgan fingerprint density at radius 1 is 1.48 bits per heavy atom. The van der Waals surface area contributed by atoms with Gasteiger partial charge in [0.2, 0.25) is 5.91 Å². The predicted molar refractivity (Wildman–Crippen MR) is 84.4 cm³/mol. The molecule has 1 aromatic rings. The van der Waals surface area contributed by atoms with Gasteiger partial charge in [-0.15, -0.1) is 0 Å². The fourth-order valence-corrected chi connectivity index (χ4v) is 2.28. The molecule has 1 atom stereocenters. The first-order valence-corrected chi connectivity index (χ1v) is 7.86. The standard InChI is InChI=1S/C17H26N2O2/c1-3-14(18)11-13-6-4-5-12(2)17(13)21-10-9-16(20)19-15-7-8-15/h4-6,14-15H,3,7-11,18H2,1-2H3,(H,19,20). The van der Waals surface area contributed by atoms with Crippen LogP contribution in [0.5, 0.6) is 5.75 Å². The molecule has 1 aromatic carbocycles. The minimum absolute atomic E-state index is 0.0814. The number of amides is 1. The summed E-state index contributed by atoms with van der Waals surface area (Å²) in [6.45, 7) is 4.53. The lowest BCUT2D eigenvalue weighted by Gasteiger charge is -2.16. The van der Waals surface area contributed by atoms with Crippen molar-refractivity contribution < 1.29 is 9.53 Å². The predicted octanol–water partition coefficient (Wildman–Crippen LogP) is 2.32. The van der Waals surface area contributed by atoms with Crippen LogP contribution in [-0.2, 0) is 11.2 Å². The van der Waals surface area contributed by atoms with Crippen molar-refractivity contribution in [2.45, 2.75) is 58.0 Å². The highest BCUT2D eigenvalue weighted by atomic mass is 16.5. The quantitative estimate of drug-likeness (QED) is 0.772. The molecule has 0 spiro atoms. The van der Waals surface area contributed by atoms with Gasteiger partial charge in [-0.3, -0.25) is 4.79 Å². The number of aryl methyl sites for hydroxylation is 1. The Kier molecular flexibility index (Phi) is 5.62. The maximum absolute atomic E-state index is 11.7. The zero-order valence-corrected chi connectivity index (χ0v) is 13.0. The Bertz CT molecular complexity index is 484. The first-order valence-electron chi connectivity index (χ1n) is 7.86. The SMILES string of the molecule is CCC(N)Cc1cccc(C)c1OCCC(=O)NC1CC1. The van der Waals surface area contributed by atoms with Gasteiger partial charge in [-0.2, -0.15) is 0 Å². The molecule has 4 heteroatoms. The van der Waals surface area contributed by atoms with Gasteiger partial charge in [0.25, 0.3) is 0 Å². The first kappa shape index (κ1) is 15.8. The molecule has 1 saturated carbocycles. The van der Waals surface area contributed by atoms with E-state index in [1.54, 1.807) is 0 Å². The molecule has 3 N–H and O–H groups in total. The monoisotopic (exact) mass is 290 g/mol. The smallest absolute Gasteiger partial charge is 0.223 e. The number of para-hydroxylation sites is 1. The van der Waals surface area contributed by atoms with E-state index in [2.05, 4.69) is 18.3 Å². The van der Waals surface area contributed by atoms with Crippen LogP contribution in [0.3, 0.4) is 0 Å². The number of benzene rings is 1. The van der Waals surface area contributed by atoms with E-state index in [9.17, 15) is 4.79 Å². The van der Waals surface area contributed by atoms with Gasteiger partial charge >= 0.3 is 0 Å². The molecule has 4 nitrogen and oxygen atoms in total. The average Bonchev–Trinajstić information content (AvgIpc) is 3.25. The highest BCUT2D eigenvalue weighted by Gasteiger charge is 2.23. The number of carbonyl (C=O) groups excluding carboxylic acids is 1. The van der Waals surface area contributed by atoms with E-state index in [0.29, 0.717) is 19.1 Å². The number of nitrogens with two attached hydrogens (primary N) is 1. The summed E-state index contributed by atoms with van der Waals surface area (Å²) in [7, 11) is 0. The van der Waals surface area contributed by atoms with E-state index in [0.717, 1.165) is 42.6 Å². The van der Waals surface area contributed by atoms with Crippen molar-refractivity contribution in [1.29, 1.82) is 0 Å². The fraction of sp³-hybridized carbons (Fsp3) is 0.588. The molecule has 0 saturated heterocycles. The van der Waals surface area contributed by atoms with Gasteiger partial charge in [0.05, 0.1) is 13.0 Å². The summed E-state index contributed by atoms with van der Waals surface area (Å²) in [6.07, 6.45) is 4.38. The normalized spacial score (nSPS) is 15.6. The van der Waals surface area contributed by atoms with Gasteiger partial charge < -0.3 is 15.8 Å². The largest absolute Gasteiger partial charge is 0.492 e. The average molecular weight is 290 g/mol. The van der Waals surface area contributed by atoms with E-state index >= 15 is 0 Å². The van der Waals surface area contributed by atoms with E-state index in [1.807, 2.05) is 19.1 Å². The molecule has 1 aliphatic carbocycles. The summed E-state index contributed by atoms with van der Waals surface area (Å²) in [5.41, 5.74) is 8.27. The highest BCUT2D eigenvalue weighted by molar-refractivity contribution is 5.76. The van der Waals surface area contributed by atoms with Crippen LogP contribution in [0.4, 0.5) is 0 Å². The molecule has 0 radical (unpaired) electrons. The van der Waals surface area contributed by atoms with Crippen molar-refractivity contribution >= 4 is 5.91 Å². The van der Waals surface area contributed by atoms with Gasteiger partial charge in [0, 0.05) is 12.1 Å². The van der Waals surface area contributed by atoms with Gasteiger partial charge in [0.15, 0.2) is 0 Å². The Morgan fingerprint density at radius 2 is 2.24 bits per heavy atom. The van der Waals surface area contributed by atoms with Crippen LogP contribution in [0.25, 0.3) is 0 Å². The molecule has 1 amide bonds. The first-order chi connectivity index (χ1) is 10.1. The van der Waals surface area contributed by atoms with Crippen molar-refractivity contribution in [3.8, 4) is 5.75 Å². The van der Waals surface area contributed by atoms with Crippen LogP contribution < -0.4 is 15.8 Å². The lowest BCUT2D eigenvalue weighted by Crippen LogP contribution is -2.27. The maximum Gasteiger partial charge on any atom is 0.223 e. The van der Waals surface area contributed by atoms with Crippen molar-refractivity contribution in [1.82, 2.24) is 5.32 Å². The molecule has 1 fully saturated rings. The highest BCUT2D eigenvalue weighted by Crippen LogP contribution is 2.25. The minimum atomic E-state index is 0.0814. The molecule has 2 rings (SSSR count). The zero-order valence-electron chi connectivity index (χ0n) is 13.0. The van der Waals surface area contributed by atoms with Crippen LogP contribution in [0, 0.1) is 6.92 Å². The van der Waals surface area contributed by atoms with Crippen molar-refractivity contribution in [3.05, 3.63) is 29.3 Å². The van der Waals surface area contributed by atoms with Crippen molar-refractivity contribution in [2.24, 2.45) is 5.73 Å². The van der Waals surface area contributed by atoms with Crippen LogP contribution in [0.2, 0.25) is 0 Å². The molecule has 116 valence electrons. The summed E-state index contributed by atoms with van der Waals surface area (Å²) in [5, 5.41) is 2.97. The third kappa shape index (κ3) is 5.05. The number of ether oxygens (including phenoxy) is 1. The summed E-state index contributed by atoms with van der Waals surface area (Å²) in [6, 6.07) is 6.67. The molecule has 1 unspecified atom stereocenters. The Morgan fingerprint density at radius 3 is 2.90 bits per heavy atom. The summed E-state index contributed by atoms with van der Waals surface area (Å²) < 4.78 is 5.87. The second-order valence-corrected chi connectivity index (χ2v) is 5.88. The third-order valence-corrected chi connectivity index (χ3v) is 3.82. The van der Waals surface area contributed by atoms with Crippen LogP contribution >= 0.6 is 0 Å². The Balaban J connectivity index is 1.89. The molecule has 21 heavy (non-hydrogen) atoms. The van der Waals surface area contributed by atoms with Gasteiger partial charge in [0.1, 0.15) is 5.75 Å². The third-order valence-electron chi connectivity index (χ3n) is 3.82. The van der Waals surface area contributed by atoms with Crippen molar-refractivity contribution in [2.75, 3.05) is 6.61 Å². The molecule has 0 aromatic heterocycles. The molecular weight excluding hydrogens is 264 g/mol. The minimum Gasteiger partial charge on any atom is -0.492 e. The number of carbonyl (C=O) groups is 1. The topological polar surface area (TPSA) is 64.3 Å². The van der Waals surface area contributed by atoms with Crippen LogP contribution in [0.15, 0.2) is 18.2 Å². The number of nitrogens with one attached hydrogen (secondary N) is 1. The van der Waals surface area contributed by atoms with Crippen LogP contribution in [-0.4, -0.2) is 24.6 Å². The summed E-state index contributed by atoms with van der Waals surface area (Å²) >= 11 is 0. The molecule has 0 aliphatic heterocycles. The number of rotatable bonds is 8. The molecular formula is C17H26N2O2. The van der Waals surface area contributed by atoms with Crippen molar-refractivity contribution in [3.63, 3.8) is 0 Å². The van der Waals surface area contributed by atoms with E-state index in [1.165, 1.54) is 0 Å². The maximum atomic E-state index is 11.7. The Labute approximate surface area is 127 Å². The lowest BCUT2D eigenvalue weighted by atomic mass is 10.0. The molecule has 0 heterocycles. The Hall–Kier alpha value is -1.55. The van der Waals surface area contributed by atoms with E-state index in [-0.39, 0.29) is 11.9 Å². The zero-order chi connectivity index (χ0) is 15.2. The molecule has 1 aliphatic rings. The van der Waals surface area contributed by atoms with E-state index in [4.69, 9.17) is 10.5 Å². The van der Waals surface area contributed by atoms with Crippen LogP contribution in [0.1, 0.15) is 43.7 Å². The number of hydrogen-bond acceptors (Lipinski definition) is 3. The lowest BCUT2D eigenvalue weighted by molar-refractivity contribution is -0.121. The summed E-state index contributed by atoms with van der Waals surface area (Å²) in [4.78, 5) is 11.7. The number of hydrogen-bond donors (Lipinski definition) is 2.